The lowest BCUT2D eigenvalue weighted by atomic mass is 10.1. The van der Waals surface area contributed by atoms with Gasteiger partial charge in [-0.1, -0.05) is 30.8 Å². The van der Waals surface area contributed by atoms with E-state index in [2.05, 4.69) is 46.3 Å². The molecule has 2 aliphatic rings. The molecule has 136 valence electrons. The number of carbonyl (C=O) groups is 1. The van der Waals surface area contributed by atoms with E-state index >= 15 is 0 Å². The Kier molecular flexibility index (Phi) is 4.80. The van der Waals surface area contributed by atoms with Crippen molar-refractivity contribution in [2.75, 3.05) is 45.1 Å². The summed E-state index contributed by atoms with van der Waals surface area (Å²) in [5.41, 5.74) is 2.61. The Hall–Kier alpha value is -2.15. The zero-order valence-electron chi connectivity index (χ0n) is 15.0. The van der Waals surface area contributed by atoms with Crippen LogP contribution in [0.2, 0.25) is 0 Å². The first-order valence-corrected chi connectivity index (χ1v) is 9.84. The number of hydrogen-bond donors (Lipinski definition) is 1. The average molecular weight is 369 g/mol. The number of nitrogens with zero attached hydrogens (tertiary/aromatic N) is 3. The highest BCUT2D eigenvalue weighted by molar-refractivity contribution is 7.10. The van der Waals surface area contributed by atoms with E-state index in [0.29, 0.717) is 6.54 Å². The third-order valence-electron chi connectivity index (χ3n) is 5.26. The van der Waals surface area contributed by atoms with Crippen LogP contribution in [0.4, 0.5) is 10.5 Å². The van der Waals surface area contributed by atoms with E-state index in [-0.39, 0.29) is 12.1 Å². The van der Waals surface area contributed by atoms with Crippen LogP contribution in [-0.2, 0) is 0 Å². The molecule has 1 aromatic heterocycles. The van der Waals surface area contributed by atoms with Gasteiger partial charge in [-0.05, 0) is 24.6 Å². The number of hydrogen-bond acceptors (Lipinski definition) is 4. The van der Waals surface area contributed by atoms with Crippen molar-refractivity contribution in [3.8, 4) is 0 Å². The monoisotopic (exact) mass is 368 g/mol. The lowest BCUT2D eigenvalue weighted by molar-refractivity contribution is 0.102. The maximum Gasteiger partial charge on any atom is 0.326 e. The van der Waals surface area contributed by atoms with E-state index in [0.717, 1.165) is 43.1 Å². The molecule has 0 saturated carbocycles. The highest BCUT2D eigenvalue weighted by atomic mass is 32.1. The van der Waals surface area contributed by atoms with Gasteiger partial charge in [-0.2, -0.15) is 0 Å². The summed E-state index contributed by atoms with van der Waals surface area (Å²) in [5.74, 6) is 0. The van der Waals surface area contributed by atoms with Crippen molar-refractivity contribution < 1.29 is 4.79 Å². The van der Waals surface area contributed by atoms with Gasteiger partial charge >= 0.3 is 6.03 Å². The normalized spacial score (nSPS) is 20.0. The third-order valence-corrected chi connectivity index (χ3v) is 6.23. The summed E-state index contributed by atoms with van der Waals surface area (Å²) < 4.78 is 0. The molecule has 0 bridgehead atoms. The average Bonchev–Trinajstić information content (AvgIpc) is 3.17. The molecule has 26 heavy (non-hydrogen) atoms. The van der Waals surface area contributed by atoms with Gasteiger partial charge in [0.25, 0.3) is 0 Å². The standard InChI is InChI=1S/C20H24N4OS/c1-15-16-6-3-4-7-17(16)21-20(25)24(15)14-18(19-8-5-13-26-19)23-11-9-22(2)10-12-23/h3-8,13,18H,1,9-12,14H2,2H3,(H,21,25). The van der Waals surface area contributed by atoms with Crippen molar-refractivity contribution in [2.24, 2.45) is 0 Å². The first kappa shape index (κ1) is 17.3. The molecule has 2 aliphatic heterocycles. The van der Waals surface area contributed by atoms with E-state index in [1.807, 2.05) is 24.3 Å². The number of thiophene rings is 1. The SMILES string of the molecule is C=C1c2ccccc2NC(=O)N1CC(c1cccs1)N1CCN(C)CC1. The highest BCUT2D eigenvalue weighted by Gasteiger charge is 2.32. The van der Waals surface area contributed by atoms with Crippen LogP contribution in [-0.4, -0.2) is 60.5 Å². The highest BCUT2D eigenvalue weighted by Crippen LogP contribution is 2.34. The molecular formula is C20H24N4OS. The molecule has 2 amide bonds. The minimum absolute atomic E-state index is 0.0932. The van der Waals surface area contributed by atoms with Crippen LogP contribution in [0.1, 0.15) is 16.5 Å². The van der Waals surface area contributed by atoms with E-state index in [4.69, 9.17) is 0 Å². The number of benzene rings is 1. The number of carbonyl (C=O) groups excluding carboxylic acids is 1. The second kappa shape index (κ2) is 7.23. The lowest BCUT2D eigenvalue weighted by Gasteiger charge is -2.41. The number of para-hydroxylation sites is 1. The molecule has 1 saturated heterocycles. The molecule has 2 aromatic rings. The summed E-state index contributed by atoms with van der Waals surface area (Å²) in [7, 11) is 2.16. The number of fused-ring (bicyclic) bond motifs is 1. The Morgan fingerprint density at radius 2 is 1.92 bits per heavy atom. The van der Waals surface area contributed by atoms with Gasteiger partial charge < -0.3 is 10.2 Å². The molecule has 4 rings (SSSR count). The lowest BCUT2D eigenvalue weighted by Crippen LogP contribution is -2.49. The molecule has 1 atom stereocenters. The van der Waals surface area contributed by atoms with E-state index in [1.54, 1.807) is 16.2 Å². The third kappa shape index (κ3) is 3.28. The molecule has 6 heteroatoms. The Balaban J connectivity index is 1.60. The quantitative estimate of drug-likeness (QED) is 0.897. The topological polar surface area (TPSA) is 38.8 Å². The molecule has 1 unspecified atom stereocenters. The zero-order chi connectivity index (χ0) is 18.1. The molecule has 5 nitrogen and oxygen atoms in total. The molecule has 1 fully saturated rings. The van der Waals surface area contributed by atoms with Crippen molar-refractivity contribution >= 4 is 28.8 Å². The maximum absolute atomic E-state index is 12.7. The molecule has 0 spiro atoms. The number of piperazine rings is 1. The van der Waals surface area contributed by atoms with Crippen LogP contribution >= 0.6 is 11.3 Å². The Morgan fingerprint density at radius 3 is 2.65 bits per heavy atom. The van der Waals surface area contributed by atoms with Gasteiger partial charge in [0.15, 0.2) is 0 Å². The number of amides is 2. The van der Waals surface area contributed by atoms with Crippen LogP contribution in [0.5, 0.6) is 0 Å². The van der Waals surface area contributed by atoms with Crippen LogP contribution in [0.15, 0.2) is 48.4 Å². The fourth-order valence-corrected chi connectivity index (χ4v) is 4.51. The summed E-state index contributed by atoms with van der Waals surface area (Å²) in [6.07, 6.45) is 0. The van der Waals surface area contributed by atoms with Gasteiger partial charge in [-0.25, -0.2) is 4.79 Å². The van der Waals surface area contributed by atoms with Crippen molar-refractivity contribution in [3.05, 3.63) is 58.8 Å². The summed E-state index contributed by atoms with van der Waals surface area (Å²) in [5, 5.41) is 5.11. The first-order chi connectivity index (χ1) is 12.6. The summed E-state index contributed by atoms with van der Waals surface area (Å²) in [4.78, 5) is 20.7. The molecule has 0 radical (unpaired) electrons. The fraction of sp³-hybridized carbons (Fsp3) is 0.350. The second-order valence-corrected chi connectivity index (χ2v) is 7.88. The van der Waals surface area contributed by atoms with E-state index in [9.17, 15) is 4.79 Å². The molecule has 1 N–H and O–H groups in total. The number of anilines is 1. The van der Waals surface area contributed by atoms with Crippen molar-refractivity contribution in [2.45, 2.75) is 6.04 Å². The van der Waals surface area contributed by atoms with Gasteiger partial charge in [0, 0.05) is 48.9 Å². The summed E-state index contributed by atoms with van der Waals surface area (Å²) >= 11 is 1.76. The Morgan fingerprint density at radius 1 is 1.15 bits per heavy atom. The minimum atomic E-state index is -0.0932. The van der Waals surface area contributed by atoms with Crippen molar-refractivity contribution in [3.63, 3.8) is 0 Å². The van der Waals surface area contributed by atoms with E-state index < -0.39 is 0 Å². The summed E-state index contributed by atoms with van der Waals surface area (Å²) in [6, 6.07) is 12.2. The summed E-state index contributed by atoms with van der Waals surface area (Å²) in [6.45, 7) is 8.96. The molecule has 1 aromatic carbocycles. The van der Waals surface area contributed by atoms with Gasteiger partial charge in [0.05, 0.1) is 11.7 Å². The van der Waals surface area contributed by atoms with Crippen LogP contribution in [0.3, 0.4) is 0 Å². The van der Waals surface area contributed by atoms with Crippen molar-refractivity contribution in [1.82, 2.24) is 14.7 Å². The maximum atomic E-state index is 12.7. The van der Waals surface area contributed by atoms with E-state index in [1.165, 1.54) is 4.88 Å². The molecular weight excluding hydrogens is 344 g/mol. The molecule has 0 aliphatic carbocycles. The van der Waals surface area contributed by atoms with Gasteiger partial charge in [0.2, 0.25) is 0 Å². The number of nitrogens with one attached hydrogen (secondary N) is 1. The number of urea groups is 1. The second-order valence-electron chi connectivity index (χ2n) is 6.90. The molecule has 3 heterocycles. The van der Waals surface area contributed by atoms with Gasteiger partial charge in [-0.3, -0.25) is 9.80 Å². The fourth-order valence-electron chi connectivity index (χ4n) is 3.66. The smallest absolute Gasteiger partial charge is 0.307 e. The predicted octanol–water partition coefficient (Wildman–Crippen LogP) is 3.56. The van der Waals surface area contributed by atoms with Crippen LogP contribution in [0, 0.1) is 0 Å². The number of rotatable bonds is 4. The largest absolute Gasteiger partial charge is 0.326 e. The van der Waals surface area contributed by atoms with Crippen LogP contribution in [0.25, 0.3) is 5.70 Å². The zero-order valence-corrected chi connectivity index (χ0v) is 15.8. The number of likely N-dealkylation sites (N-methyl/N-ethyl adjacent to an activating group) is 1. The predicted molar refractivity (Wildman–Crippen MR) is 107 cm³/mol. The first-order valence-electron chi connectivity index (χ1n) is 8.96. The minimum Gasteiger partial charge on any atom is -0.307 e. The van der Waals surface area contributed by atoms with Gasteiger partial charge in [-0.15, -0.1) is 11.3 Å². The Labute approximate surface area is 158 Å². The Bertz CT molecular complexity index is 796. The van der Waals surface area contributed by atoms with Crippen molar-refractivity contribution in [1.29, 1.82) is 0 Å². The van der Waals surface area contributed by atoms with Gasteiger partial charge in [0.1, 0.15) is 0 Å². The van der Waals surface area contributed by atoms with Crippen LogP contribution < -0.4 is 5.32 Å².